The van der Waals surface area contributed by atoms with E-state index < -0.39 is 0 Å². The first-order valence-electron chi connectivity index (χ1n) is 5.28. The van der Waals surface area contributed by atoms with Crippen molar-refractivity contribution in [2.75, 3.05) is 0 Å². The van der Waals surface area contributed by atoms with Crippen LogP contribution in [0.1, 0.15) is 17.0 Å². The second kappa shape index (κ2) is 3.86. The van der Waals surface area contributed by atoms with Crippen LogP contribution in [0, 0.1) is 25.2 Å². The molecule has 0 saturated heterocycles. The predicted molar refractivity (Wildman–Crippen MR) is 65.0 cm³/mol. The number of aromatic nitrogens is 1. The van der Waals surface area contributed by atoms with Crippen LogP contribution in [0.3, 0.4) is 0 Å². The van der Waals surface area contributed by atoms with E-state index in [0.29, 0.717) is 0 Å². The van der Waals surface area contributed by atoms with Gasteiger partial charge < -0.3 is 4.57 Å². The molecule has 0 unspecified atom stereocenters. The van der Waals surface area contributed by atoms with Crippen LogP contribution in [0.25, 0.3) is 11.1 Å². The van der Waals surface area contributed by atoms with Gasteiger partial charge in [0.1, 0.15) is 6.07 Å². The Morgan fingerprint density at radius 2 is 1.69 bits per heavy atom. The third kappa shape index (κ3) is 1.42. The van der Waals surface area contributed by atoms with Gasteiger partial charge in [0.25, 0.3) is 0 Å². The SMILES string of the molecule is Cc1c(C#N)c(-c2ccccc2)c(C)n1C. The quantitative estimate of drug-likeness (QED) is 0.710. The molecule has 16 heavy (non-hydrogen) atoms. The minimum atomic E-state index is 0.784. The summed E-state index contributed by atoms with van der Waals surface area (Å²) >= 11 is 0. The van der Waals surface area contributed by atoms with Crippen LogP contribution in [-0.4, -0.2) is 4.57 Å². The molecule has 0 amide bonds. The number of hydrogen-bond donors (Lipinski definition) is 0. The Bertz CT molecular complexity index is 557. The molecule has 2 nitrogen and oxygen atoms in total. The molecule has 0 atom stereocenters. The Kier molecular flexibility index (Phi) is 2.54. The first-order valence-corrected chi connectivity index (χ1v) is 5.28. The largest absolute Gasteiger partial charge is 0.350 e. The molecular weight excluding hydrogens is 196 g/mol. The molecule has 1 aromatic heterocycles. The van der Waals surface area contributed by atoms with Crippen LogP contribution >= 0.6 is 0 Å². The van der Waals surface area contributed by atoms with Gasteiger partial charge in [-0.2, -0.15) is 5.26 Å². The first kappa shape index (κ1) is 10.5. The molecule has 1 heterocycles. The van der Waals surface area contributed by atoms with Gasteiger partial charge >= 0.3 is 0 Å². The van der Waals surface area contributed by atoms with Crippen LogP contribution in [-0.2, 0) is 7.05 Å². The fourth-order valence-electron chi connectivity index (χ4n) is 2.04. The van der Waals surface area contributed by atoms with Gasteiger partial charge in [-0.15, -0.1) is 0 Å². The molecule has 0 aliphatic rings. The van der Waals surface area contributed by atoms with Gasteiger partial charge in [0.2, 0.25) is 0 Å². The number of rotatable bonds is 1. The maximum Gasteiger partial charge on any atom is 0.102 e. The highest BCUT2D eigenvalue weighted by molar-refractivity contribution is 5.74. The zero-order valence-electron chi connectivity index (χ0n) is 9.78. The summed E-state index contributed by atoms with van der Waals surface area (Å²) in [4.78, 5) is 0. The third-order valence-corrected chi connectivity index (χ3v) is 3.15. The van der Waals surface area contributed by atoms with Crippen molar-refractivity contribution in [2.24, 2.45) is 7.05 Å². The highest BCUT2D eigenvalue weighted by atomic mass is 15.0. The van der Waals surface area contributed by atoms with Gasteiger partial charge in [0, 0.05) is 24.0 Å². The van der Waals surface area contributed by atoms with Gasteiger partial charge in [-0.25, -0.2) is 0 Å². The summed E-state index contributed by atoms with van der Waals surface area (Å²) < 4.78 is 2.07. The summed E-state index contributed by atoms with van der Waals surface area (Å²) in [6.07, 6.45) is 0. The standard InChI is InChI=1S/C14H14N2/c1-10-13(9-15)14(11(2)16(10)3)12-7-5-4-6-8-12/h4-8H,1-3H3. The average Bonchev–Trinajstić information content (AvgIpc) is 2.54. The zero-order chi connectivity index (χ0) is 11.7. The molecule has 2 heteroatoms. The smallest absolute Gasteiger partial charge is 0.102 e. The van der Waals surface area contributed by atoms with Crippen molar-refractivity contribution in [1.29, 1.82) is 5.26 Å². The van der Waals surface area contributed by atoms with Crippen molar-refractivity contribution >= 4 is 0 Å². The molecule has 0 aliphatic carbocycles. The Morgan fingerprint density at radius 1 is 1.06 bits per heavy atom. The molecule has 0 bridgehead atoms. The van der Waals surface area contributed by atoms with Crippen molar-refractivity contribution in [3.8, 4) is 17.2 Å². The van der Waals surface area contributed by atoms with E-state index >= 15 is 0 Å². The van der Waals surface area contributed by atoms with Gasteiger partial charge in [0.05, 0.1) is 5.56 Å². The third-order valence-electron chi connectivity index (χ3n) is 3.15. The van der Waals surface area contributed by atoms with Gasteiger partial charge in [-0.3, -0.25) is 0 Å². The molecular formula is C14H14N2. The van der Waals surface area contributed by atoms with Gasteiger partial charge in [-0.1, -0.05) is 30.3 Å². The lowest BCUT2D eigenvalue weighted by Crippen LogP contribution is -1.93. The average molecular weight is 210 g/mol. The second-order valence-corrected chi connectivity index (χ2v) is 3.96. The van der Waals surface area contributed by atoms with Crippen molar-refractivity contribution < 1.29 is 0 Å². The zero-order valence-corrected chi connectivity index (χ0v) is 9.78. The van der Waals surface area contributed by atoms with Crippen molar-refractivity contribution in [3.63, 3.8) is 0 Å². The number of hydrogen-bond acceptors (Lipinski definition) is 1. The first-order chi connectivity index (χ1) is 7.66. The molecule has 1 aromatic carbocycles. The normalized spacial score (nSPS) is 10.1. The van der Waals surface area contributed by atoms with Crippen molar-refractivity contribution in [2.45, 2.75) is 13.8 Å². The van der Waals surface area contributed by atoms with E-state index in [1.165, 1.54) is 0 Å². The molecule has 80 valence electrons. The van der Waals surface area contributed by atoms with Gasteiger partial charge in [-0.05, 0) is 19.4 Å². The van der Waals surface area contributed by atoms with Crippen molar-refractivity contribution in [3.05, 3.63) is 47.3 Å². The van der Waals surface area contributed by atoms with Crippen LogP contribution < -0.4 is 0 Å². The van der Waals surface area contributed by atoms with E-state index in [9.17, 15) is 5.26 Å². The second-order valence-electron chi connectivity index (χ2n) is 3.96. The lowest BCUT2D eigenvalue weighted by Gasteiger charge is -2.02. The molecule has 0 radical (unpaired) electrons. The van der Waals surface area contributed by atoms with E-state index in [0.717, 1.165) is 28.1 Å². The van der Waals surface area contributed by atoms with Crippen LogP contribution in [0.15, 0.2) is 30.3 Å². The van der Waals surface area contributed by atoms with Crippen LogP contribution in [0.4, 0.5) is 0 Å². The maximum absolute atomic E-state index is 9.24. The summed E-state index contributed by atoms with van der Waals surface area (Å²) in [6, 6.07) is 12.4. The van der Waals surface area contributed by atoms with Gasteiger partial charge in [0.15, 0.2) is 0 Å². The number of nitriles is 1. The molecule has 0 aliphatic heterocycles. The summed E-state index contributed by atoms with van der Waals surface area (Å²) in [5.74, 6) is 0. The minimum absolute atomic E-state index is 0.784. The summed E-state index contributed by atoms with van der Waals surface area (Å²) in [5, 5.41) is 9.24. The monoisotopic (exact) mass is 210 g/mol. The minimum Gasteiger partial charge on any atom is -0.350 e. The molecule has 2 rings (SSSR count). The molecule has 0 saturated carbocycles. The Morgan fingerprint density at radius 3 is 2.25 bits per heavy atom. The highest BCUT2D eigenvalue weighted by Gasteiger charge is 2.16. The molecule has 0 spiro atoms. The fourth-order valence-corrected chi connectivity index (χ4v) is 2.04. The fraction of sp³-hybridized carbons (Fsp3) is 0.214. The summed E-state index contributed by atoms with van der Waals surface area (Å²) in [6.45, 7) is 4.04. The molecule has 2 aromatic rings. The lowest BCUT2D eigenvalue weighted by atomic mass is 10.0. The number of benzene rings is 1. The predicted octanol–water partition coefficient (Wildman–Crippen LogP) is 3.18. The van der Waals surface area contributed by atoms with E-state index in [2.05, 4.69) is 17.6 Å². The van der Waals surface area contributed by atoms with Crippen LogP contribution in [0.5, 0.6) is 0 Å². The molecule has 0 N–H and O–H groups in total. The summed E-state index contributed by atoms with van der Waals surface area (Å²) in [7, 11) is 2.00. The number of nitrogens with zero attached hydrogens (tertiary/aromatic N) is 2. The summed E-state index contributed by atoms with van der Waals surface area (Å²) in [5.41, 5.74) is 5.12. The maximum atomic E-state index is 9.24. The van der Waals surface area contributed by atoms with E-state index in [1.54, 1.807) is 0 Å². The Hall–Kier alpha value is -2.01. The highest BCUT2D eigenvalue weighted by Crippen LogP contribution is 2.30. The lowest BCUT2D eigenvalue weighted by molar-refractivity contribution is 0.843. The molecule has 0 fully saturated rings. The Labute approximate surface area is 95.8 Å². The van der Waals surface area contributed by atoms with E-state index in [-0.39, 0.29) is 0 Å². The van der Waals surface area contributed by atoms with Crippen LogP contribution in [0.2, 0.25) is 0 Å². The van der Waals surface area contributed by atoms with E-state index in [1.807, 2.05) is 44.3 Å². The topological polar surface area (TPSA) is 28.7 Å². The Balaban J connectivity index is 2.76. The van der Waals surface area contributed by atoms with E-state index in [4.69, 9.17) is 0 Å². The van der Waals surface area contributed by atoms with Crippen molar-refractivity contribution in [1.82, 2.24) is 4.57 Å².